The van der Waals surface area contributed by atoms with Gasteiger partial charge in [0.2, 0.25) is 0 Å². The van der Waals surface area contributed by atoms with Crippen LogP contribution in [0.1, 0.15) is 33.4 Å². The fourth-order valence-electron chi connectivity index (χ4n) is 1.47. The van der Waals surface area contributed by atoms with E-state index in [4.69, 9.17) is 0 Å². The van der Waals surface area contributed by atoms with Gasteiger partial charge in [0.15, 0.2) is 0 Å². The van der Waals surface area contributed by atoms with Crippen LogP contribution in [0.15, 0.2) is 12.3 Å². The highest BCUT2D eigenvalue weighted by atomic mass is 79.9. The maximum atomic E-state index is 4.37. The SMILES string of the molecule is CC(C)Cn1nccc1C(C)(C)CBr. The van der Waals surface area contributed by atoms with E-state index in [1.54, 1.807) is 0 Å². The number of hydrogen-bond donors (Lipinski definition) is 0. The molecule has 0 aromatic carbocycles. The zero-order chi connectivity index (χ0) is 10.8. The van der Waals surface area contributed by atoms with Crippen molar-refractivity contribution in [3.63, 3.8) is 0 Å². The lowest BCUT2D eigenvalue weighted by Gasteiger charge is -2.23. The van der Waals surface area contributed by atoms with Gasteiger partial charge < -0.3 is 0 Å². The van der Waals surface area contributed by atoms with Crippen molar-refractivity contribution in [1.29, 1.82) is 0 Å². The summed E-state index contributed by atoms with van der Waals surface area (Å²) in [5, 5.41) is 5.33. The first-order valence-electron chi connectivity index (χ1n) is 5.05. The van der Waals surface area contributed by atoms with Gasteiger partial charge in [-0.2, -0.15) is 5.10 Å². The minimum atomic E-state index is 0.158. The van der Waals surface area contributed by atoms with Gasteiger partial charge in [0, 0.05) is 29.2 Å². The van der Waals surface area contributed by atoms with Crippen LogP contribution in [0.3, 0.4) is 0 Å². The monoisotopic (exact) mass is 258 g/mol. The lowest BCUT2D eigenvalue weighted by atomic mass is 9.92. The molecule has 0 amide bonds. The van der Waals surface area contributed by atoms with E-state index < -0.39 is 0 Å². The van der Waals surface area contributed by atoms with Crippen LogP contribution in [0.2, 0.25) is 0 Å². The first kappa shape index (κ1) is 11.8. The van der Waals surface area contributed by atoms with E-state index in [1.165, 1.54) is 5.69 Å². The van der Waals surface area contributed by atoms with Crippen LogP contribution in [0.5, 0.6) is 0 Å². The Morgan fingerprint density at radius 3 is 2.64 bits per heavy atom. The van der Waals surface area contributed by atoms with E-state index in [0.29, 0.717) is 5.92 Å². The standard InChI is InChI=1S/C11H19BrN2/c1-9(2)7-14-10(5-6-13-14)11(3,4)8-12/h5-6,9H,7-8H2,1-4H3. The summed E-state index contributed by atoms with van der Waals surface area (Å²) in [4.78, 5) is 0. The number of alkyl halides is 1. The van der Waals surface area contributed by atoms with Crippen LogP contribution in [0.4, 0.5) is 0 Å². The Morgan fingerprint density at radius 2 is 2.14 bits per heavy atom. The summed E-state index contributed by atoms with van der Waals surface area (Å²) in [5.41, 5.74) is 1.47. The van der Waals surface area contributed by atoms with Crippen molar-refractivity contribution in [2.24, 2.45) is 5.92 Å². The first-order chi connectivity index (χ1) is 6.47. The van der Waals surface area contributed by atoms with E-state index in [1.807, 2.05) is 6.20 Å². The summed E-state index contributed by atoms with van der Waals surface area (Å²) in [6, 6.07) is 2.11. The average molecular weight is 259 g/mol. The summed E-state index contributed by atoms with van der Waals surface area (Å²) < 4.78 is 2.12. The highest BCUT2D eigenvalue weighted by Gasteiger charge is 2.23. The van der Waals surface area contributed by atoms with Crippen LogP contribution in [0.25, 0.3) is 0 Å². The van der Waals surface area contributed by atoms with Gasteiger partial charge >= 0.3 is 0 Å². The highest BCUT2D eigenvalue weighted by molar-refractivity contribution is 9.09. The second-order valence-electron chi connectivity index (χ2n) is 4.81. The number of nitrogens with zero attached hydrogens (tertiary/aromatic N) is 2. The minimum absolute atomic E-state index is 0.158. The van der Waals surface area contributed by atoms with Gasteiger partial charge in [-0.25, -0.2) is 0 Å². The van der Waals surface area contributed by atoms with Crippen LogP contribution >= 0.6 is 15.9 Å². The van der Waals surface area contributed by atoms with E-state index in [0.717, 1.165) is 11.9 Å². The smallest absolute Gasteiger partial charge is 0.0492 e. The van der Waals surface area contributed by atoms with Gasteiger partial charge in [-0.15, -0.1) is 0 Å². The van der Waals surface area contributed by atoms with Gasteiger partial charge in [-0.1, -0.05) is 43.6 Å². The Bertz CT molecular complexity index is 289. The maximum Gasteiger partial charge on any atom is 0.0492 e. The molecule has 0 aliphatic heterocycles. The lowest BCUT2D eigenvalue weighted by molar-refractivity contribution is 0.432. The highest BCUT2D eigenvalue weighted by Crippen LogP contribution is 2.25. The molecule has 1 heterocycles. The summed E-state index contributed by atoms with van der Waals surface area (Å²) >= 11 is 3.55. The number of hydrogen-bond acceptors (Lipinski definition) is 1. The van der Waals surface area contributed by atoms with Gasteiger partial charge in [-0.3, -0.25) is 4.68 Å². The number of aromatic nitrogens is 2. The topological polar surface area (TPSA) is 17.8 Å². The molecule has 2 nitrogen and oxygen atoms in total. The third-order valence-corrected chi connectivity index (χ3v) is 3.68. The average Bonchev–Trinajstić information content (AvgIpc) is 2.52. The van der Waals surface area contributed by atoms with E-state index in [2.05, 4.69) is 59.5 Å². The number of rotatable bonds is 4. The van der Waals surface area contributed by atoms with Crippen LogP contribution in [-0.2, 0) is 12.0 Å². The molecule has 80 valence electrons. The predicted molar refractivity (Wildman–Crippen MR) is 63.9 cm³/mol. The second-order valence-corrected chi connectivity index (χ2v) is 5.37. The van der Waals surface area contributed by atoms with Crippen LogP contribution < -0.4 is 0 Å². The molecular weight excluding hydrogens is 240 g/mol. The van der Waals surface area contributed by atoms with E-state index in [-0.39, 0.29) is 5.41 Å². The van der Waals surface area contributed by atoms with Crippen molar-refractivity contribution in [3.05, 3.63) is 18.0 Å². The molecule has 1 aromatic heterocycles. The molecule has 0 atom stereocenters. The summed E-state index contributed by atoms with van der Waals surface area (Å²) in [5.74, 6) is 0.639. The molecule has 0 saturated heterocycles. The molecule has 0 radical (unpaired) electrons. The normalized spacial score (nSPS) is 12.4. The molecule has 14 heavy (non-hydrogen) atoms. The van der Waals surface area contributed by atoms with Gasteiger partial charge in [0.05, 0.1) is 0 Å². The fraction of sp³-hybridized carbons (Fsp3) is 0.727. The van der Waals surface area contributed by atoms with Gasteiger partial charge in [0.25, 0.3) is 0 Å². The van der Waals surface area contributed by atoms with Gasteiger partial charge in [-0.05, 0) is 12.0 Å². The Balaban J connectivity index is 2.92. The fourth-order valence-corrected chi connectivity index (χ4v) is 1.75. The largest absolute Gasteiger partial charge is 0.269 e. The molecule has 0 saturated carbocycles. The van der Waals surface area contributed by atoms with E-state index in [9.17, 15) is 0 Å². The Labute approximate surface area is 94.8 Å². The van der Waals surface area contributed by atoms with Crippen molar-refractivity contribution in [1.82, 2.24) is 9.78 Å². The van der Waals surface area contributed by atoms with Crippen molar-refractivity contribution in [2.45, 2.75) is 39.7 Å². The molecular formula is C11H19BrN2. The molecule has 0 N–H and O–H groups in total. The van der Waals surface area contributed by atoms with Crippen molar-refractivity contribution < 1.29 is 0 Å². The molecule has 0 bridgehead atoms. The summed E-state index contributed by atoms with van der Waals surface area (Å²) in [6.45, 7) is 9.89. The third kappa shape index (κ3) is 2.59. The first-order valence-corrected chi connectivity index (χ1v) is 6.18. The van der Waals surface area contributed by atoms with Crippen molar-refractivity contribution in [2.75, 3.05) is 5.33 Å². The molecule has 1 rings (SSSR count). The molecule has 1 aromatic rings. The second kappa shape index (κ2) is 4.47. The number of halogens is 1. The Morgan fingerprint density at radius 1 is 1.50 bits per heavy atom. The zero-order valence-electron chi connectivity index (χ0n) is 9.42. The summed E-state index contributed by atoms with van der Waals surface area (Å²) in [6.07, 6.45) is 1.89. The maximum absolute atomic E-state index is 4.37. The van der Waals surface area contributed by atoms with Crippen LogP contribution in [0, 0.1) is 5.92 Å². The predicted octanol–water partition coefficient (Wildman–Crippen LogP) is 3.21. The molecule has 3 heteroatoms. The molecule has 0 aliphatic rings. The van der Waals surface area contributed by atoms with Gasteiger partial charge in [0.1, 0.15) is 0 Å². The Hall–Kier alpha value is -0.310. The van der Waals surface area contributed by atoms with Crippen molar-refractivity contribution >= 4 is 15.9 Å². The van der Waals surface area contributed by atoms with Crippen LogP contribution in [-0.4, -0.2) is 15.1 Å². The molecule has 0 aliphatic carbocycles. The summed E-state index contributed by atoms with van der Waals surface area (Å²) in [7, 11) is 0. The molecule has 0 unspecified atom stereocenters. The zero-order valence-corrected chi connectivity index (χ0v) is 11.0. The molecule has 0 spiro atoms. The quantitative estimate of drug-likeness (QED) is 0.759. The minimum Gasteiger partial charge on any atom is -0.269 e. The Kier molecular flexibility index (Phi) is 3.76. The van der Waals surface area contributed by atoms with Crippen molar-refractivity contribution in [3.8, 4) is 0 Å². The lowest BCUT2D eigenvalue weighted by Crippen LogP contribution is -2.25. The molecule has 0 fully saturated rings. The third-order valence-electron chi connectivity index (χ3n) is 2.28. The van der Waals surface area contributed by atoms with E-state index >= 15 is 0 Å².